The molecule has 0 spiro atoms. The Morgan fingerprint density at radius 3 is 2.58 bits per heavy atom. The molecule has 5 nitrogen and oxygen atoms in total. The van der Waals surface area contributed by atoms with Gasteiger partial charge in [0.25, 0.3) is 0 Å². The van der Waals surface area contributed by atoms with Gasteiger partial charge in [0.2, 0.25) is 0 Å². The van der Waals surface area contributed by atoms with Gasteiger partial charge in [-0.05, 0) is 0 Å². The Morgan fingerprint density at radius 1 is 1.42 bits per heavy atom. The molecule has 0 aromatic carbocycles. The van der Waals surface area contributed by atoms with Crippen LogP contribution in [0.4, 0.5) is 0 Å². The zero-order valence-corrected chi connectivity index (χ0v) is 9.72. The number of carbonyl (C=O) groups excluding carboxylic acids is 2. The number of aliphatic hydroxyl groups excluding tert-OH is 1. The summed E-state index contributed by atoms with van der Waals surface area (Å²) in [6, 6.07) is 0. The third-order valence-corrected chi connectivity index (χ3v) is 5.37. The molecule has 0 bridgehead atoms. The fourth-order valence-electron chi connectivity index (χ4n) is 0.888. The van der Waals surface area contributed by atoms with Crippen LogP contribution >= 0.6 is 0 Å². The average Bonchev–Trinajstić information content (AvgIpc) is 1.89. The van der Waals surface area contributed by atoms with E-state index >= 15 is 0 Å². The standard InChI is InChI=1S/C4H6O5.2CH3.Sn/c5-2(4(8)9)1-3(6)7;;;/h2,5H,1H2,(H,6,7)(H,8,9);2*1H3;/q;;;+2/p-2. The molecule has 1 saturated heterocycles. The van der Waals surface area contributed by atoms with Crippen molar-refractivity contribution in [2.45, 2.75) is 22.4 Å². The SMILES string of the molecule is [CH3][Sn]1([CH3])[O]C(=O)CC(O)C(=O)[O]1. The monoisotopic (exact) mass is 282 g/mol. The van der Waals surface area contributed by atoms with Crippen molar-refractivity contribution in [2.75, 3.05) is 0 Å². The molecular weight excluding hydrogens is 271 g/mol. The quantitative estimate of drug-likeness (QED) is 0.608. The molecular formula is C6H10O5Sn. The van der Waals surface area contributed by atoms with E-state index in [9.17, 15) is 9.59 Å². The number of hydrogen-bond donors (Lipinski definition) is 1. The summed E-state index contributed by atoms with van der Waals surface area (Å²) in [6.45, 7) is 0. The summed E-state index contributed by atoms with van der Waals surface area (Å²) in [5, 5.41) is 9.02. The van der Waals surface area contributed by atoms with Gasteiger partial charge in [-0.15, -0.1) is 0 Å². The minimum atomic E-state index is -3.38. The molecule has 1 rings (SSSR count). The van der Waals surface area contributed by atoms with Crippen LogP contribution in [0.5, 0.6) is 0 Å². The fraction of sp³-hybridized carbons (Fsp3) is 0.667. The molecule has 1 N–H and O–H groups in total. The summed E-state index contributed by atoms with van der Waals surface area (Å²) in [5.41, 5.74) is 0. The first-order valence-electron chi connectivity index (χ1n) is 3.53. The Balaban J connectivity index is 2.80. The van der Waals surface area contributed by atoms with Crippen molar-refractivity contribution in [3.63, 3.8) is 0 Å². The van der Waals surface area contributed by atoms with E-state index in [0.29, 0.717) is 0 Å². The van der Waals surface area contributed by atoms with Crippen LogP contribution in [0.3, 0.4) is 0 Å². The number of rotatable bonds is 0. The van der Waals surface area contributed by atoms with Crippen molar-refractivity contribution in [3.05, 3.63) is 0 Å². The predicted molar refractivity (Wildman–Crippen MR) is 40.3 cm³/mol. The Kier molecular flexibility index (Phi) is 2.62. The Morgan fingerprint density at radius 2 is 2.00 bits per heavy atom. The normalized spacial score (nSPS) is 28.8. The minimum absolute atomic E-state index is 0.292. The van der Waals surface area contributed by atoms with Crippen molar-refractivity contribution >= 4 is 31.1 Å². The number of aliphatic hydroxyl groups is 1. The molecule has 1 aliphatic heterocycles. The van der Waals surface area contributed by atoms with Gasteiger partial charge < -0.3 is 0 Å². The molecule has 0 saturated carbocycles. The first-order chi connectivity index (χ1) is 5.41. The molecule has 1 heterocycles. The molecule has 0 aromatic heterocycles. The molecule has 0 aliphatic carbocycles. The van der Waals surface area contributed by atoms with Crippen molar-refractivity contribution in [1.82, 2.24) is 0 Å². The molecule has 1 aliphatic rings. The topological polar surface area (TPSA) is 72.8 Å². The van der Waals surface area contributed by atoms with E-state index in [1.807, 2.05) is 0 Å². The van der Waals surface area contributed by atoms with Gasteiger partial charge in [-0.1, -0.05) is 0 Å². The molecule has 1 atom stereocenters. The fourth-order valence-corrected chi connectivity index (χ4v) is 4.58. The van der Waals surface area contributed by atoms with E-state index in [1.165, 1.54) is 0 Å². The Hall–Kier alpha value is -0.301. The second-order valence-corrected chi connectivity index (χ2v) is 12.2. The first-order valence-corrected chi connectivity index (χ1v) is 11.6. The van der Waals surface area contributed by atoms with Crippen LogP contribution in [-0.4, -0.2) is 42.4 Å². The van der Waals surface area contributed by atoms with Crippen LogP contribution in [0.15, 0.2) is 0 Å². The number of carbonyl (C=O) groups is 2. The molecule has 0 amide bonds. The van der Waals surface area contributed by atoms with E-state index in [1.54, 1.807) is 9.88 Å². The summed E-state index contributed by atoms with van der Waals surface area (Å²) in [5.74, 6) is -1.28. The van der Waals surface area contributed by atoms with Gasteiger partial charge in [-0.3, -0.25) is 0 Å². The zero-order chi connectivity index (χ0) is 9.35. The van der Waals surface area contributed by atoms with Gasteiger partial charge in [-0.25, -0.2) is 0 Å². The third-order valence-electron chi connectivity index (χ3n) is 1.34. The summed E-state index contributed by atoms with van der Waals surface area (Å²) in [6.07, 6.45) is -1.64. The van der Waals surface area contributed by atoms with Gasteiger partial charge in [0.1, 0.15) is 0 Å². The van der Waals surface area contributed by atoms with Crippen LogP contribution < -0.4 is 0 Å². The summed E-state index contributed by atoms with van der Waals surface area (Å²) in [4.78, 5) is 25.1. The van der Waals surface area contributed by atoms with Crippen molar-refractivity contribution in [3.8, 4) is 0 Å². The van der Waals surface area contributed by atoms with Crippen LogP contribution in [-0.2, 0) is 15.7 Å². The van der Waals surface area contributed by atoms with Gasteiger partial charge in [0.15, 0.2) is 0 Å². The van der Waals surface area contributed by atoms with E-state index in [2.05, 4.69) is 0 Å². The third kappa shape index (κ3) is 2.34. The Bertz CT molecular complexity index is 224. The molecule has 0 radical (unpaired) electrons. The first kappa shape index (κ1) is 9.78. The zero-order valence-electron chi connectivity index (χ0n) is 6.86. The molecule has 12 heavy (non-hydrogen) atoms. The van der Waals surface area contributed by atoms with Gasteiger partial charge >= 0.3 is 74.4 Å². The maximum absolute atomic E-state index is 10.9. The molecule has 68 valence electrons. The second-order valence-electron chi connectivity index (χ2n) is 3.01. The Labute approximate surface area is 74.6 Å². The van der Waals surface area contributed by atoms with Gasteiger partial charge in [0, 0.05) is 0 Å². The van der Waals surface area contributed by atoms with Crippen molar-refractivity contribution < 1.29 is 20.8 Å². The summed E-state index contributed by atoms with van der Waals surface area (Å²) >= 11 is -3.38. The maximum atomic E-state index is 10.9. The van der Waals surface area contributed by atoms with E-state index in [0.717, 1.165) is 0 Å². The van der Waals surface area contributed by atoms with Crippen molar-refractivity contribution in [1.29, 1.82) is 0 Å². The van der Waals surface area contributed by atoms with Gasteiger partial charge in [-0.2, -0.15) is 0 Å². The van der Waals surface area contributed by atoms with Gasteiger partial charge in [0.05, 0.1) is 0 Å². The molecule has 0 aromatic rings. The van der Waals surface area contributed by atoms with Crippen LogP contribution in [0.25, 0.3) is 0 Å². The summed E-state index contributed by atoms with van der Waals surface area (Å²) < 4.78 is 9.77. The summed E-state index contributed by atoms with van der Waals surface area (Å²) in [7, 11) is 0. The van der Waals surface area contributed by atoms with Crippen LogP contribution in [0.2, 0.25) is 9.88 Å². The molecule has 1 fully saturated rings. The van der Waals surface area contributed by atoms with Crippen LogP contribution in [0, 0.1) is 0 Å². The number of hydrogen-bond acceptors (Lipinski definition) is 5. The van der Waals surface area contributed by atoms with E-state index in [4.69, 9.17) is 11.3 Å². The average molecular weight is 281 g/mol. The predicted octanol–water partition coefficient (Wildman–Crippen LogP) is -0.461. The van der Waals surface area contributed by atoms with E-state index in [-0.39, 0.29) is 6.42 Å². The van der Waals surface area contributed by atoms with Crippen LogP contribution in [0.1, 0.15) is 6.42 Å². The molecule has 1 unspecified atom stereocenters. The molecule has 6 heteroatoms. The van der Waals surface area contributed by atoms with Crippen molar-refractivity contribution in [2.24, 2.45) is 0 Å². The van der Waals surface area contributed by atoms with E-state index < -0.39 is 37.2 Å². The second kappa shape index (κ2) is 3.21.